The number of carbonyl (C=O) groups is 2. The van der Waals surface area contributed by atoms with Gasteiger partial charge in [0.25, 0.3) is 0 Å². The van der Waals surface area contributed by atoms with Crippen LogP contribution in [0.25, 0.3) is 16.8 Å². The molecule has 2 heterocycles. The average molecular weight is 559 g/mol. The Labute approximate surface area is 219 Å². The van der Waals surface area contributed by atoms with E-state index in [9.17, 15) is 27.2 Å². The fourth-order valence-corrected chi connectivity index (χ4v) is 3.78. The van der Waals surface area contributed by atoms with Gasteiger partial charge in [0.15, 0.2) is 11.9 Å². The van der Waals surface area contributed by atoms with Crippen LogP contribution in [0.4, 0.5) is 26.7 Å². The van der Waals surface area contributed by atoms with Crippen molar-refractivity contribution in [1.82, 2.24) is 30.5 Å². The lowest BCUT2D eigenvalue weighted by Crippen LogP contribution is -2.57. The lowest BCUT2D eigenvalue weighted by molar-refractivity contribution is -0.166. The van der Waals surface area contributed by atoms with E-state index in [-0.39, 0.29) is 40.4 Å². The van der Waals surface area contributed by atoms with Gasteiger partial charge in [-0.2, -0.15) is 18.3 Å². The monoisotopic (exact) mass is 558 g/mol. The summed E-state index contributed by atoms with van der Waals surface area (Å²) < 4.78 is 70.1. The van der Waals surface area contributed by atoms with Gasteiger partial charge in [-0.25, -0.2) is 23.7 Å². The molecule has 3 aromatic rings. The first-order valence-electron chi connectivity index (χ1n) is 11.4. The number of carbonyl (C=O) groups excluding carboxylic acids is 2. The van der Waals surface area contributed by atoms with Gasteiger partial charge in [-0.15, -0.1) is 0 Å². The highest BCUT2D eigenvalue weighted by Gasteiger charge is 2.41. The second-order valence-corrected chi connectivity index (χ2v) is 8.66. The molecule has 14 heteroatoms. The van der Waals surface area contributed by atoms with Crippen LogP contribution in [0.15, 0.2) is 36.8 Å². The van der Waals surface area contributed by atoms with Crippen LogP contribution in [0.1, 0.15) is 38.1 Å². The number of hydrazine groups is 1. The summed E-state index contributed by atoms with van der Waals surface area (Å²) in [6.45, 7) is 4.43. The standard InChI is InChI=1S/C24H24ClF5N6O2/c1-4-14-9-32-36(11-14)22-17(7-16(25)8-19(22)27)15-6-18(26)21(31-10-15)13(3)33-23(38)35(5-2)34-20(12-37)24(28,29)30/h6-13,20,34H,4-5H2,1-3H3,(H,33,38). The molecule has 2 N–H and O–H groups in total. The molecule has 0 spiro atoms. The summed E-state index contributed by atoms with van der Waals surface area (Å²) in [5, 5.41) is 7.12. The van der Waals surface area contributed by atoms with E-state index in [1.807, 2.05) is 6.92 Å². The third-order valence-corrected chi connectivity index (χ3v) is 5.80. The first-order valence-corrected chi connectivity index (χ1v) is 11.8. The summed E-state index contributed by atoms with van der Waals surface area (Å²) in [6.07, 6.45) is -0.175. The highest BCUT2D eigenvalue weighted by atomic mass is 35.5. The highest BCUT2D eigenvalue weighted by molar-refractivity contribution is 6.31. The van der Waals surface area contributed by atoms with Gasteiger partial charge in [0.2, 0.25) is 0 Å². The number of urea groups is 1. The quantitative estimate of drug-likeness (QED) is 0.215. The van der Waals surface area contributed by atoms with E-state index in [0.717, 1.165) is 17.7 Å². The van der Waals surface area contributed by atoms with Gasteiger partial charge in [-0.3, -0.25) is 9.99 Å². The maximum absolute atomic E-state index is 15.1. The van der Waals surface area contributed by atoms with Crippen molar-refractivity contribution in [2.75, 3.05) is 6.54 Å². The third-order valence-electron chi connectivity index (χ3n) is 5.58. The smallest absolute Gasteiger partial charge is 0.329 e. The molecule has 2 unspecified atom stereocenters. The molecule has 1 aromatic carbocycles. The van der Waals surface area contributed by atoms with Crippen molar-refractivity contribution in [3.8, 4) is 16.8 Å². The number of aromatic nitrogens is 3. The number of aldehydes is 1. The Bertz CT molecular complexity index is 1320. The largest absolute Gasteiger partial charge is 0.412 e. The van der Waals surface area contributed by atoms with Crippen LogP contribution in [-0.4, -0.2) is 50.9 Å². The number of halogens is 6. The molecule has 204 valence electrons. The Hall–Kier alpha value is -3.58. The third kappa shape index (κ3) is 6.45. The van der Waals surface area contributed by atoms with E-state index in [2.05, 4.69) is 15.4 Å². The van der Waals surface area contributed by atoms with Crippen molar-refractivity contribution in [3.05, 3.63) is 64.7 Å². The van der Waals surface area contributed by atoms with Crippen LogP contribution in [0, 0.1) is 11.6 Å². The summed E-state index contributed by atoms with van der Waals surface area (Å²) in [7, 11) is 0. The van der Waals surface area contributed by atoms with Gasteiger partial charge in [0, 0.05) is 35.1 Å². The molecule has 0 aliphatic carbocycles. The first kappa shape index (κ1) is 29.0. The van der Waals surface area contributed by atoms with Crippen molar-refractivity contribution in [2.45, 2.75) is 45.5 Å². The predicted molar refractivity (Wildman–Crippen MR) is 129 cm³/mol. The minimum absolute atomic E-state index is 0.0310. The lowest BCUT2D eigenvalue weighted by atomic mass is 10.0. The molecule has 0 aliphatic heterocycles. The number of nitrogens with one attached hydrogen (secondary N) is 2. The zero-order chi connectivity index (χ0) is 28.2. The minimum atomic E-state index is -4.92. The van der Waals surface area contributed by atoms with E-state index in [1.54, 1.807) is 17.8 Å². The molecule has 0 saturated carbocycles. The summed E-state index contributed by atoms with van der Waals surface area (Å²) in [5.41, 5.74) is 2.83. The number of alkyl halides is 3. The normalized spacial score (nSPS) is 13.2. The second-order valence-electron chi connectivity index (χ2n) is 8.22. The summed E-state index contributed by atoms with van der Waals surface area (Å²) in [4.78, 5) is 27.4. The van der Waals surface area contributed by atoms with Gasteiger partial charge in [-0.05, 0) is 44.0 Å². The van der Waals surface area contributed by atoms with Crippen LogP contribution in [0.3, 0.4) is 0 Å². The van der Waals surface area contributed by atoms with Crippen molar-refractivity contribution < 1.29 is 31.5 Å². The molecule has 0 bridgehead atoms. The van der Waals surface area contributed by atoms with Gasteiger partial charge in [0.05, 0.1) is 17.9 Å². The fraction of sp³-hybridized carbons (Fsp3) is 0.333. The molecular formula is C24H24ClF5N6O2. The molecule has 2 amide bonds. The second kappa shape index (κ2) is 11.9. The number of rotatable bonds is 9. The van der Waals surface area contributed by atoms with Gasteiger partial charge in [-0.1, -0.05) is 18.5 Å². The molecular weight excluding hydrogens is 535 g/mol. The number of pyridine rings is 1. The fourth-order valence-electron chi connectivity index (χ4n) is 3.57. The molecule has 3 rings (SSSR count). The van der Waals surface area contributed by atoms with Gasteiger partial charge in [0.1, 0.15) is 17.8 Å². The van der Waals surface area contributed by atoms with Crippen molar-refractivity contribution in [2.24, 2.45) is 0 Å². The minimum Gasteiger partial charge on any atom is -0.329 e. The Morgan fingerprint density at radius 3 is 2.45 bits per heavy atom. The van der Waals surface area contributed by atoms with E-state index in [1.165, 1.54) is 30.8 Å². The number of aryl methyl sites for hydroxylation is 1. The van der Waals surface area contributed by atoms with Crippen molar-refractivity contribution >= 4 is 23.9 Å². The number of amides is 2. The highest BCUT2D eigenvalue weighted by Crippen LogP contribution is 2.33. The number of hydrogen-bond acceptors (Lipinski definition) is 5. The van der Waals surface area contributed by atoms with Crippen LogP contribution < -0.4 is 10.7 Å². The Balaban J connectivity index is 1.87. The van der Waals surface area contributed by atoms with E-state index in [4.69, 9.17) is 11.6 Å². The SMILES string of the molecule is CCc1cnn(-c2c(F)cc(Cl)cc2-c2cnc(C(C)NC(=O)N(CC)NC(C=O)C(F)(F)F)c(F)c2)c1. The first-order chi connectivity index (χ1) is 17.9. The Morgan fingerprint density at radius 1 is 1.18 bits per heavy atom. The van der Waals surface area contributed by atoms with E-state index < -0.39 is 35.9 Å². The van der Waals surface area contributed by atoms with Gasteiger partial charge < -0.3 is 10.1 Å². The summed E-state index contributed by atoms with van der Waals surface area (Å²) >= 11 is 6.05. The van der Waals surface area contributed by atoms with Crippen molar-refractivity contribution in [1.29, 1.82) is 0 Å². The van der Waals surface area contributed by atoms with E-state index >= 15 is 4.39 Å². The molecule has 38 heavy (non-hydrogen) atoms. The maximum atomic E-state index is 15.1. The average Bonchev–Trinajstić information content (AvgIpc) is 3.31. The van der Waals surface area contributed by atoms with Crippen LogP contribution >= 0.6 is 11.6 Å². The molecule has 0 fully saturated rings. The number of benzene rings is 1. The molecule has 2 atom stereocenters. The topological polar surface area (TPSA) is 92.2 Å². The van der Waals surface area contributed by atoms with E-state index in [0.29, 0.717) is 11.4 Å². The summed E-state index contributed by atoms with van der Waals surface area (Å²) in [5.74, 6) is -1.56. The van der Waals surface area contributed by atoms with Crippen molar-refractivity contribution in [3.63, 3.8) is 0 Å². The molecule has 2 aromatic heterocycles. The zero-order valence-electron chi connectivity index (χ0n) is 20.5. The predicted octanol–water partition coefficient (Wildman–Crippen LogP) is 5.16. The Kier molecular flexibility index (Phi) is 9.05. The van der Waals surface area contributed by atoms with Crippen LogP contribution in [-0.2, 0) is 11.2 Å². The molecule has 0 radical (unpaired) electrons. The van der Waals surface area contributed by atoms with Gasteiger partial charge >= 0.3 is 12.2 Å². The Morgan fingerprint density at radius 2 is 1.89 bits per heavy atom. The summed E-state index contributed by atoms with van der Waals surface area (Å²) in [6, 6.07) is -1.11. The number of hydrogen-bond donors (Lipinski definition) is 2. The zero-order valence-corrected chi connectivity index (χ0v) is 21.2. The lowest BCUT2D eigenvalue weighted by Gasteiger charge is -2.28. The van der Waals surface area contributed by atoms with Crippen LogP contribution in [0.5, 0.6) is 0 Å². The number of nitrogens with zero attached hydrogens (tertiary/aromatic N) is 4. The molecule has 8 nitrogen and oxygen atoms in total. The molecule has 0 aliphatic rings. The maximum Gasteiger partial charge on any atom is 0.412 e. The van der Waals surface area contributed by atoms with Crippen LogP contribution in [0.2, 0.25) is 5.02 Å². The molecule has 0 saturated heterocycles.